The first kappa shape index (κ1) is 28.8. The summed E-state index contributed by atoms with van der Waals surface area (Å²) in [4.78, 5) is 0. The minimum absolute atomic E-state index is 0.727. The van der Waals surface area contributed by atoms with Crippen molar-refractivity contribution >= 4 is 0 Å². The van der Waals surface area contributed by atoms with Crippen LogP contribution in [0.2, 0.25) is 0 Å². The van der Waals surface area contributed by atoms with E-state index in [9.17, 15) is 0 Å². The summed E-state index contributed by atoms with van der Waals surface area (Å²) in [5.74, 6) is 2.94. The van der Waals surface area contributed by atoms with Gasteiger partial charge in [0.05, 0.1) is 25.0 Å². The second-order valence-electron chi connectivity index (χ2n) is 8.36. The van der Waals surface area contributed by atoms with Gasteiger partial charge in [-0.1, -0.05) is 39.8 Å². The summed E-state index contributed by atoms with van der Waals surface area (Å²) < 4.78 is 23.2. The third kappa shape index (κ3) is 10.9. The van der Waals surface area contributed by atoms with E-state index in [1.807, 2.05) is 36.4 Å². The van der Waals surface area contributed by atoms with Crippen LogP contribution >= 0.6 is 0 Å². The van der Waals surface area contributed by atoms with Crippen LogP contribution in [0.25, 0.3) is 0 Å². The average Bonchev–Trinajstić information content (AvgIpc) is 2.89. The van der Waals surface area contributed by atoms with E-state index in [0.29, 0.717) is 0 Å². The van der Waals surface area contributed by atoms with E-state index in [-0.39, 0.29) is 0 Å². The highest BCUT2D eigenvalue weighted by Gasteiger charge is 2.08. The first-order chi connectivity index (χ1) is 17.7. The van der Waals surface area contributed by atoms with Gasteiger partial charge in [0.1, 0.15) is 0 Å². The topological polar surface area (TPSA) is 36.9 Å². The molecule has 0 atom stereocenters. The first-order valence-corrected chi connectivity index (χ1v) is 13.2. The molecule has 0 aliphatic heterocycles. The molecule has 4 heteroatoms. The lowest BCUT2D eigenvalue weighted by Gasteiger charge is -2.11. The van der Waals surface area contributed by atoms with E-state index in [2.05, 4.69) is 52.0 Å². The Kier molecular flexibility index (Phi) is 14.4. The molecule has 0 saturated heterocycles. The van der Waals surface area contributed by atoms with Crippen LogP contribution in [0.15, 0.2) is 85.8 Å². The summed E-state index contributed by atoms with van der Waals surface area (Å²) in [5, 5.41) is 0. The summed E-state index contributed by atoms with van der Waals surface area (Å²) in [6.07, 6.45) is 22.7. The second-order valence-corrected chi connectivity index (χ2v) is 8.36. The van der Waals surface area contributed by atoms with Gasteiger partial charge in [-0.15, -0.1) is 0 Å². The molecular weight excluding hydrogens is 448 g/mol. The van der Waals surface area contributed by atoms with Crippen LogP contribution in [0.5, 0.6) is 23.0 Å². The van der Waals surface area contributed by atoms with Gasteiger partial charge in [-0.25, -0.2) is 0 Å². The number of allylic oxidation sites excluding steroid dienone is 4. The largest absolute Gasteiger partial charge is 0.461 e. The van der Waals surface area contributed by atoms with Crippen molar-refractivity contribution in [3.05, 3.63) is 96.9 Å². The number of aryl methyl sites for hydroxylation is 2. The second kappa shape index (κ2) is 18.0. The SMILES string of the molecule is CCC=COc1ccc(CCCCc2ccc(OC=CCC)c(OC=CCC)c2)cc1OC=CCC. The van der Waals surface area contributed by atoms with Crippen molar-refractivity contribution in [2.45, 2.75) is 79.1 Å². The average molecular weight is 491 g/mol. The summed E-state index contributed by atoms with van der Waals surface area (Å²) in [6.45, 7) is 8.32. The Labute approximate surface area is 217 Å². The third-order valence-electron chi connectivity index (χ3n) is 5.30. The van der Waals surface area contributed by atoms with Gasteiger partial charge in [-0.3, -0.25) is 0 Å². The number of ether oxygens (including phenoxy) is 4. The van der Waals surface area contributed by atoms with Gasteiger partial charge in [0, 0.05) is 0 Å². The molecule has 0 N–H and O–H groups in total. The van der Waals surface area contributed by atoms with Gasteiger partial charge in [0.25, 0.3) is 0 Å². The minimum atomic E-state index is 0.727. The normalized spacial score (nSPS) is 11.8. The fraction of sp³-hybridized carbons (Fsp3) is 0.375. The Morgan fingerprint density at radius 2 is 0.806 bits per heavy atom. The van der Waals surface area contributed by atoms with Crippen molar-refractivity contribution in [3.63, 3.8) is 0 Å². The minimum Gasteiger partial charge on any atom is -0.461 e. The summed E-state index contributed by atoms with van der Waals surface area (Å²) >= 11 is 0. The number of hydrogen-bond donors (Lipinski definition) is 0. The molecule has 0 aliphatic rings. The monoisotopic (exact) mass is 490 g/mol. The van der Waals surface area contributed by atoms with Crippen LogP contribution in [0.3, 0.4) is 0 Å². The lowest BCUT2D eigenvalue weighted by atomic mass is 10.0. The van der Waals surface area contributed by atoms with Gasteiger partial charge < -0.3 is 18.9 Å². The Morgan fingerprint density at radius 3 is 1.14 bits per heavy atom. The van der Waals surface area contributed by atoms with E-state index < -0.39 is 0 Å². The van der Waals surface area contributed by atoms with Crippen LogP contribution in [-0.4, -0.2) is 0 Å². The number of benzene rings is 2. The van der Waals surface area contributed by atoms with E-state index in [1.54, 1.807) is 25.0 Å². The predicted octanol–water partition coefficient (Wildman–Crippen LogP) is 9.46. The van der Waals surface area contributed by atoms with Crippen LogP contribution < -0.4 is 18.9 Å². The third-order valence-corrected chi connectivity index (χ3v) is 5.30. The fourth-order valence-electron chi connectivity index (χ4n) is 3.32. The van der Waals surface area contributed by atoms with Crippen LogP contribution in [0.4, 0.5) is 0 Å². The van der Waals surface area contributed by atoms with Crippen molar-refractivity contribution < 1.29 is 18.9 Å². The summed E-state index contributed by atoms with van der Waals surface area (Å²) in [5.41, 5.74) is 2.48. The van der Waals surface area contributed by atoms with Gasteiger partial charge in [0.15, 0.2) is 23.0 Å². The Bertz CT molecular complexity index is 920. The smallest absolute Gasteiger partial charge is 0.169 e. The zero-order valence-corrected chi connectivity index (χ0v) is 22.4. The quantitative estimate of drug-likeness (QED) is 0.163. The van der Waals surface area contributed by atoms with E-state index in [0.717, 1.165) is 74.4 Å². The fourth-order valence-corrected chi connectivity index (χ4v) is 3.32. The summed E-state index contributed by atoms with van der Waals surface area (Å²) in [7, 11) is 0. The number of unbranched alkanes of at least 4 members (excludes halogenated alkanes) is 1. The van der Waals surface area contributed by atoms with Gasteiger partial charge in [-0.05, 0) is 111 Å². The lowest BCUT2D eigenvalue weighted by molar-refractivity contribution is 0.414. The maximum atomic E-state index is 5.85. The Balaban J connectivity index is 1.99. The highest BCUT2D eigenvalue weighted by molar-refractivity contribution is 5.45. The van der Waals surface area contributed by atoms with Crippen molar-refractivity contribution in [1.29, 1.82) is 0 Å². The van der Waals surface area contributed by atoms with Crippen molar-refractivity contribution in [1.82, 2.24) is 0 Å². The van der Waals surface area contributed by atoms with Gasteiger partial charge in [-0.2, -0.15) is 0 Å². The molecule has 0 amide bonds. The maximum absolute atomic E-state index is 5.85. The van der Waals surface area contributed by atoms with E-state index in [1.165, 1.54) is 11.1 Å². The van der Waals surface area contributed by atoms with E-state index in [4.69, 9.17) is 18.9 Å². The Morgan fingerprint density at radius 1 is 0.472 bits per heavy atom. The molecule has 2 rings (SSSR count). The maximum Gasteiger partial charge on any atom is 0.169 e. The standard InChI is InChI=1S/C32H42O4/c1-5-9-21-33-29-19-17-27(25-31(29)35-23-11-7-3)15-13-14-16-28-18-20-30(34-22-10-6-2)32(26-28)36-24-12-8-4/h9-12,17-26H,5-8,13-16H2,1-4H3. The zero-order chi connectivity index (χ0) is 25.8. The zero-order valence-electron chi connectivity index (χ0n) is 22.4. The number of hydrogen-bond acceptors (Lipinski definition) is 4. The highest BCUT2D eigenvalue weighted by Crippen LogP contribution is 2.31. The van der Waals surface area contributed by atoms with Crippen LogP contribution in [0.1, 0.15) is 77.3 Å². The van der Waals surface area contributed by atoms with Crippen molar-refractivity contribution in [3.8, 4) is 23.0 Å². The molecule has 194 valence electrons. The first-order valence-electron chi connectivity index (χ1n) is 13.2. The molecule has 0 unspecified atom stereocenters. The van der Waals surface area contributed by atoms with Crippen LogP contribution in [-0.2, 0) is 12.8 Å². The molecule has 4 nitrogen and oxygen atoms in total. The highest BCUT2D eigenvalue weighted by atomic mass is 16.5. The Hall–Kier alpha value is -3.40. The molecule has 2 aromatic rings. The molecular formula is C32H42O4. The molecule has 0 bridgehead atoms. The van der Waals surface area contributed by atoms with Gasteiger partial charge >= 0.3 is 0 Å². The lowest BCUT2D eigenvalue weighted by Crippen LogP contribution is -1.95. The van der Waals surface area contributed by atoms with Crippen molar-refractivity contribution in [2.75, 3.05) is 0 Å². The van der Waals surface area contributed by atoms with E-state index >= 15 is 0 Å². The van der Waals surface area contributed by atoms with Gasteiger partial charge in [0.2, 0.25) is 0 Å². The molecule has 0 radical (unpaired) electrons. The van der Waals surface area contributed by atoms with Crippen LogP contribution in [0, 0.1) is 0 Å². The molecule has 2 aromatic carbocycles. The molecule has 0 fully saturated rings. The molecule has 0 aliphatic carbocycles. The molecule has 0 saturated carbocycles. The molecule has 0 heterocycles. The van der Waals surface area contributed by atoms with Crippen molar-refractivity contribution in [2.24, 2.45) is 0 Å². The molecule has 0 aromatic heterocycles. The molecule has 36 heavy (non-hydrogen) atoms. The number of rotatable bonds is 17. The molecule has 0 spiro atoms. The summed E-state index contributed by atoms with van der Waals surface area (Å²) in [6, 6.07) is 12.4. The predicted molar refractivity (Wildman–Crippen MR) is 150 cm³/mol.